The first-order chi connectivity index (χ1) is 12.2. The Morgan fingerprint density at radius 1 is 1.20 bits per heavy atom. The average molecular weight is 348 g/mol. The summed E-state index contributed by atoms with van der Waals surface area (Å²) < 4.78 is 5.54. The highest BCUT2D eigenvalue weighted by Gasteiger charge is 2.34. The van der Waals surface area contributed by atoms with E-state index in [0.717, 1.165) is 51.3 Å². The van der Waals surface area contributed by atoms with E-state index in [2.05, 4.69) is 48.7 Å². The monoisotopic (exact) mass is 347 g/mol. The van der Waals surface area contributed by atoms with Crippen molar-refractivity contribution in [1.29, 1.82) is 0 Å². The summed E-state index contributed by atoms with van der Waals surface area (Å²) in [5.74, 6) is 0.844. The maximum Gasteiger partial charge on any atom is 0.191 e. The Bertz CT molecular complexity index is 522. The number of benzene rings is 1. The number of nitrogens with zero attached hydrogens (tertiary/aromatic N) is 1. The van der Waals surface area contributed by atoms with Crippen molar-refractivity contribution in [2.24, 2.45) is 10.4 Å². The van der Waals surface area contributed by atoms with Gasteiger partial charge in [-0.25, -0.2) is 0 Å². The van der Waals surface area contributed by atoms with E-state index < -0.39 is 0 Å². The number of rotatable bonds is 9. The van der Waals surface area contributed by atoms with Gasteiger partial charge in [0.05, 0.1) is 13.2 Å². The summed E-state index contributed by atoms with van der Waals surface area (Å²) in [5.41, 5.74) is 2.70. The Morgan fingerprint density at radius 2 is 1.96 bits per heavy atom. The molecule has 5 heteroatoms. The van der Waals surface area contributed by atoms with Crippen molar-refractivity contribution in [3.05, 3.63) is 35.4 Å². The van der Waals surface area contributed by atoms with Gasteiger partial charge in [-0.15, -0.1) is 0 Å². The Morgan fingerprint density at radius 3 is 2.56 bits per heavy atom. The third kappa shape index (κ3) is 6.33. The molecule has 140 valence electrons. The maximum atomic E-state index is 9.33. The van der Waals surface area contributed by atoms with Crippen molar-refractivity contribution in [2.75, 3.05) is 39.5 Å². The highest BCUT2D eigenvalue weighted by Crippen LogP contribution is 2.32. The number of ether oxygens (including phenoxy) is 1. The van der Waals surface area contributed by atoms with Crippen molar-refractivity contribution in [3.63, 3.8) is 0 Å². The number of aliphatic imine (C=N–C) groups is 1. The normalized spacial score (nSPS) is 20.7. The number of aryl methyl sites for hydroxylation is 1. The van der Waals surface area contributed by atoms with E-state index in [4.69, 9.17) is 9.73 Å². The largest absolute Gasteiger partial charge is 0.396 e. The molecule has 0 aromatic heterocycles. The summed E-state index contributed by atoms with van der Waals surface area (Å²) in [4.78, 5) is 4.75. The minimum Gasteiger partial charge on any atom is -0.396 e. The summed E-state index contributed by atoms with van der Waals surface area (Å²) in [6.07, 6.45) is 3.77. The van der Waals surface area contributed by atoms with Crippen LogP contribution in [0.4, 0.5) is 0 Å². The first kappa shape index (κ1) is 19.7. The van der Waals surface area contributed by atoms with Gasteiger partial charge in [0.25, 0.3) is 0 Å². The molecule has 1 heterocycles. The fourth-order valence-corrected chi connectivity index (χ4v) is 3.14. The van der Waals surface area contributed by atoms with Crippen molar-refractivity contribution in [2.45, 2.75) is 39.5 Å². The van der Waals surface area contributed by atoms with Gasteiger partial charge in [-0.3, -0.25) is 4.99 Å². The van der Waals surface area contributed by atoms with Crippen LogP contribution in [-0.2, 0) is 17.6 Å². The fraction of sp³-hybridized carbons (Fsp3) is 0.650. The molecule has 1 aromatic carbocycles. The van der Waals surface area contributed by atoms with Crippen LogP contribution in [0.5, 0.6) is 0 Å². The maximum absolute atomic E-state index is 9.33. The predicted octanol–water partition coefficient (Wildman–Crippen LogP) is 2.14. The van der Waals surface area contributed by atoms with Crippen LogP contribution in [0.2, 0.25) is 0 Å². The second-order valence-corrected chi connectivity index (χ2v) is 6.82. The molecular weight excluding hydrogens is 314 g/mol. The average Bonchev–Trinajstić information content (AvgIpc) is 3.09. The Kier molecular flexibility index (Phi) is 8.22. The van der Waals surface area contributed by atoms with Crippen molar-refractivity contribution >= 4 is 5.96 Å². The van der Waals surface area contributed by atoms with Gasteiger partial charge in [0.2, 0.25) is 0 Å². The summed E-state index contributed by atoms with van der Waals surface area (Å²) in [6.45, 7) is 8.27. The zero-order valence-corrected chi connectivity index (χ0v) is 15.7. The van der Waals surface area contributed by atoms with E-state index in [-0.39, 0.29) is 12.0 Å². The molecule has 0 spiro atoms. The predicted molar refractivity (Wildman–Crippen MR) is 103 cm³/mol. The number of aliphatic hydroxyl groups is 1. The van der Waals surface area contributed by atoms with E-state index in [1.807, 2.05) is 0 Å². The molecule has 3 N–H and O–H groups in total. The van der Waals surface area contributed by atoms with Crippen LogP contribution >= 0.6 is 0 Å². The van der Waals surface area contributed by atoms with Gasteiger partial charge in [-0.2, -0.15) is 0 Å². The molecular formula is C20H33N3O2. The van der Waals surface area contributed by atoms with Crippen LogP contribution in [0.1, 0.15) is 37.8 Å². The van der Waals surface area contributed by atoms with Gasteiger partial charge in [0.15, 0.2) is 5.96 Å². The first-order valence-corrected chi connectivity index (χ1v) is 9.50. The third-order valence-electron chi connectivity index (χ3n) is 4.88. The second kappa shape index (κ2) is 10.4. The van der Waals surface area contributed by atoms with Gasteiger partial charge in [0.1, 0.15) is 0 Å². The molecule has 0 amide bonds. The minimum absolute atomic E-state index is 0.00686. The minimum atomic E-state index is -0.00686. The summed E-state index contributed by atoms with van der Waals surface area (Å²) in [5, 5.41) is 16.1. The van der Waals surface area contributed by atoms with Crippen LogP contribution in [0.3, 0.4) is 0 Å². The van der Waals surface area contributed by atoms with E-state index in [0.29, 0.717) is 13.2 Å². The molecule has 25 heavy (non-hydrogen) atoms. The summed E-state index contributed by atoms with van der Waals surface area (Å²) in [6, 6.07) is 8.81. The number of hydrogen-bond acceptors (Lipinski definition) is 3. The van der Waals surface area contributed by atoms with Crippen LogP contribution in [0.15, 0.2) is 29.3 Å². The van der Waals surface area contributed by atoms with Gasteiger partial charge >= 0.3 is 0 Å². The van der Waals surface area contributed by atoms with Crippen LogP contribution in [-0.4, -0.2) is 50.5 Å². The molecule has 1 saturated heterocycles. The van der Waals surface area contributed by atoms with Gasteiger partial charge in [-0.05, 0) is 43.7 Å². The number of nitrogens with one attached hydrogen (secondary N) is 2. The molecule has 1 atom stereocenters. The van der Waals surface area contributed by atoms with E-state index in [1.54, 1.807) is 0 Å². The van der Waals surface area contributed by atoms with Crippen molar-refractivity contribution in [1.82, 2.24) is 10.6 Å². The lowest BCUT2D eigenvalue weighted by molar-refractivity contribution is 0.131. The molecule has 1 aliphatic heterocycles. The lowest BCUT2D eigenvalue weighted by Crippen LogP contribution is -2.39. The van der Waals surface area contributed by atoms with Crippen LogP contribution in [0, 0.1) is 5.41 Å². The van der Waals surface area contributed by atoms with Gasteiger partial charge in [0, 0.05) is 31.7 Å². The molecule has 0 radical (unpaired) electrons. The number of hydrogen-bond donors (Lipinski definition) is 3. The Balaban J connectivity index is 1.86. The van der Waals surface area contributed by atoms with Crippen molar-refractivity contribution in [3.8, 4) is 0 Å². The van der Waals surface area contributed by atoms with E-state index in [9.17, 15) is 5.11 Å². The first-order valence-electron chi connectivity index (χ1n) is 9.50. The van der Waals surface area contributed by atoms with Gasteiger partial charge in [-0.1, -0.05) is 31.2 Å². The smallest absolute Gasteiger partial charge is 0.191 e. The Labute approximate surface area is 151 Å². The summed E-state index contributed by atoms with van der Waals surface area (Å²) >= 11 is 0. The zero-order chi connectivity index (χ0) is 18.0. The number of aliphatic hydroxyl groups excluding tert-OH is 1. The topological polar surface area (TPSA) is 65.9 Å². The molecule has 1 fully saturated rings. The van der Waals surface area contributed by atoms with Crippen LogP contribution in [0.25, 0.3) is 0 Å². The van der Waals surface area contributed by atoms with Crippen LogP contribution < -0.4 is 10.6 Å². The molecule has 2 rings (SSSR count). The lowest BCUT2D eigenvalue weighted by Gasteiger charge is -2.24. The number of guanidine groups is 1. The molecule has 1 aromatic rings. The molecule has 0 bridgehead atoms. The zero-order valence-electron chi connectivity index (χ0n) is 15.7. The Hall–Kier alpha value is -1.59. The highest BCUT2D eigenvalue weighted by atomic mass is 16.5. The lowest BCUT2D eigenvalue weighted by atomic mass is 9.84. The quantitative estimate of drug-likeness (QED) is 0.473. The SMILES string of the molecule is CCNC(=NCC1(CCO)CCOC1)NCCc1ccc(CC)cc1. The standard InChI is InChI=1S/C20H33N3O2/c1-3-17-5-7-18(8-6-17)9-12-22-19(21-4-2)23-15-20(10-13-24)11-14-25-16-20/h5-8,24H,3-4,9-16H2,1-2H3,(H2,21,22,23). The molecule has 0 saturated carbocycles. The molecule has 0 aliphatic carbocycles. The third-order valence-corrected chi connectivity index (χ3v) is 4.88. The molecule has 1 unspecified atom stereocenters. The summed E-state index contributed by atoms with van der Waals surface area (Å²) in [7, 11) is 0. The van der Waals surface area contributed by atoms with E-state index in [1.165, 1.54) is 11.1 Å². The second-order valence-electron chi connectivity index (χ2n) is 6.82. The van der Waals surface area contributed by atoms with Crippen molar-refractivity contribution < 1.29 is 9.84 Å². The van der Waals surface area contributed by atoms with E-state index >= 15 is 0 Å². The molecule has 5 nitrogen and oxygen atoms in total. The highest BCUT2D eigenvalue weighted by molar-refractivity contribution is 5.79. The fourth-order valence-electron chi connectivity index (χ4n) is 3.14. The van der Waals surface area contributed by atoms with Gasteiger partial charge < -0.3 is 20.5 Å². The molecule has 1 aliphatic rings.